The molecule has 4 heteroatoms. The van der Waals surface area contributed by atoms with Gasteiger partial charge in [-0.15, -0.1) is 0 Å². The molecule has 0 spiro atoms. The van der Waals surface area contributed by atoms with Gasteiger partial charge in [0.25, 0.3) is 0 Å². The molecule has 0 aromatic rings. The second kappa shape index (κ2) is 5.86. The number of ether oxygens (including phenoxy) is 2. The van der Waals surface area contributed by atoms with E-state index in [2.05, 4.69) is 6.92 Å². The van der Waals surface area contributed by atoms with Crippen LogP contribution in [0.2, 0.25) is 0 Å². The molecule has 1 saturated heterocycles. The highest BCUT2D eigenvalue weighted by molar-refractivity contribution is 5.68. The van der Waals surface area contributed by atoms with Crippen molar-refractivity contribution in [2.24, 2.45) is 0 Å². The topological polar surface area (TPSA) is 38.8 Å². The summed E-state index contributed by atoms with van der Waals surface area (Å²) in [5.74, 6) is 0. The van der Waals surface area contributed by atoms with Crippen LogP contribution in [0.3, 0.4) is 0 Å². The predicted octanol–water partition coefficient (Wildman–Crippen LogP) is 1.64. The van der Waals surface area contributed by atoms with Crippen molar-refractivity contribution in [1.29, 1.82) is 0 Å². The van der Waals surface area contributed by atoms with E-state index in [-0.39, 0.29) is 6.09 Å². The molecule has 1 rings (SSSR count). The molecule has 0 aromatic heterocycles. The van der Waals surface area contributed by atoms with E-state index < -0.39 is 0 Å². The van der Waals surface area contributed by atoms with Crippen LogP contribution in [0.15, 0.2) is 0 Å². The van der Waals surface area contributed by atoms with Gasteiger partial charge in [0.1, 0.15) is 6.61 Å². The number of methoxy groups -OCH3 is 1. The van der Waals surface area contributed by atoms with E-state index in [1.807, 2.05) is 0 Å². The van der Waals surface area contributed by atoms with Crippen molar-refractivity contribution in [3.05, 3.63) is 0 Å². The Morgan fingerprint density at radius 3 is 2.86 bits per heavy atom. The Kier molecular flexibility index (Phi) is 4.73. The molecule has 1 unspecified atom stereocenters. The van der Waals surface area contributed by atoms with Gasteiger partial charge in [0, 0.05) is 19.7 Å². The van der Waals surface area contributed by atoms with E-state index in [9.17, 15) is 4.79 Å². The molecule has 1 aliphatic rings. The summed E-state index contributed by atoms with van der Waals surface area (Å²) in [4.78, 5) is 13.3. The maximum Gasteiger partial charge on any atom is 0.410 e. The van der Waals surface area contributed by atoms with E-state index in [1.165, 1.54) is 6.42 Å². The number of carbonyl (C=O) groups is 1. The van der Waals surface area contributed by atoms with Crippen LogP contribution in [0.25, 0.3) is 0 Å². The van der Waals surface area contributed by atoms with Crippen molar-refractivity contribution in [3.63, 3.8) is 0 Å². The zero-order valence-electron chi connectivity index (χ0n) is 8.99. The molecule has 4 nitrogen and oxygen atoms in total. The molecule has 1 atom stereocenters. The smallest absolute Gasteiger partial charge is 0.410 e. The lowest BCUT2D eigenvalue weighted by Crippen LogP contribution is -2.42. The van der Waals surface area contributed by atoms with Crippen LogP contribution in [0.4, 0.5) is 4.79 Å². The monoisotopic (exact) mass is 201 g/mol. The molecule has 1 amide bonds. The molecule has 1 fully saturated rings. The van der Waals surface area contributed by atoms with Crippen molar-refractivity contribution in [2.75, 3.05) is 26.9 Å². The largest absolute Gasteiger partial charge is 0.447 e. The molecule has 0 bridgehead atoms. The molecular formula is C10H19NO3. The van der Waals surface area contributed by atoms with E-state index >= 15 is 0 Å². The summed E-state index contributed by atoms with van der Waals surface area (Å²) in [6, 6.07) is 0.318. The fourth-order valence-corrected chi connectivity index (χ4v) is 1.66. The van der Waals surface area contributed by atoms with Gasteiger partial charge >= 0.3 is 6.09 Å². The van der Waals surface area contributed by atoms with Crippen LogP contribution in [0.1, 0.15) is 26.2 Å². The summed E-state index contributed by atoms with van der Waals surface area (Å²) in [6.45, 7) is 3.70. The number of amides is 1. The third kappa shape index (κ3) is 3.18. The Bertz CT molecular complexity index is 184. The Morgan fingerprint density at radius 1 is 1.43 bits per heavy atom. The highest BCUT2D eigenvalue weighted by atomic mass is 16.6. The molecule has 1 aliphatic heterocycles. The number of carbonyl (C=O) groups excluding carboxylic acids is 1. The van der Waals surface area contributed by atoms with E-state index in [1.54, 1.807) is 12.0 Å². The maximum atomic E-state index is 11.5. The average Bonchev–Trinajstić information content (AvgIpc) is 2.18. The van der Waals surface area contributed by atoms with Gasteiger partial charge in [-0.2, -0.15) is 0 Å². The number of likely N-dealkylation sites (tertiary alicyclic amines) is 1. The summed E-state index contributed by atoms with van der Waals surface area (Å²) in [7, 11) is 1.59. The SMILES string of the molecule is COCCOC(=O)N1CCCCC1C. The maximum absolute atomic E-state index is 11.5. The first-order chi connectivity index (χ1) is 6.75. The molecule has 0 radical (unpaired) electrons. The first-order valence-electron chi connectivity index (χ1n) is 5.18. The molecule has 0 N–H and O–H groups in total. The first kappa shape index (κ1) is 11.3. The minimum atomic E-state index is -0.200. The van der Waals surface area contributed by atoms with Crippen LogP contribution in [-0.2, 0) is 9.47 Å². The van der Waals surface area contributed by atoms with Crippen LogP contribution >= 0.6 is 0 Å². The lowest BCUT2D eigenvalue weighted by molar-refractivity contribution is 0.0554. The average molecular weight is 201 g/mol. The number of piperidine rings is 1. The minimum Gasteiger partial charge on any atom is -0.447 e. The van der Waals surface area contributed by atoms with Crippen LogP contribution in [-0.4, -0.2) is 43.9 Å². The van der Waals surface area contributed by atoms with Crippen LogP contribution in [0.5, 0.6) is 0 Å². The third-order valence-corrected chi connectivity index (χ3v) is 2.55. The normalized spacial score (nSPS) is 22.1. The standard InChI is InChI=1S/C10H19NO3/c1-9-5-3-4-6-11(9)10(12)14-8-7-13-2/h9H,3-8H2,1-2H3. The fourth-order valence-electron chi connectivity index (χ4n) is 1.66. The molecule has 0 saturated carbocycles. The van der Waals surface area contributed by atoms with Crippen molar-refractivity contribution in [2.45, 2.75) is 32.2 Å². The molecule has 0 aliphatic carbocycles. The van der Waals surface area contributed by atoms with Crippen molar-refractivity contribution >= 4 is 6.09 Å². The minimum absolute atomic E-state index is 0.200. The van der Waals surface area contributed by atoms with E-state index in [0.717, 1.165) is 19.4 Å². The number of hydrogen-bond acceptors (Lipinski definition) is 3. The highest BCUT2D eigenvalue weighted by Gasteiger charge is 2.23. The Morgan fingerprint density at radius 2 is 2.21 bits per heavy atom. The van der Waals surface area contributed by atoms with Gasteiger partial charge in [-0.3, -0.25) is 0 Å². The van der Waals surface area contributed by atoms with Crippen molar-refractivity contribution in [1.82, 2.24) is 4.90 Å². The van der Waals surface area contributed by atoms with Gasteiger partial charge in [0.05, 0.1) is 6.61 Å². The molecular weight excluding hydrogens is 182 g/mol. The summed E-state index contributed by atoms with van der Waals surface area (Å²) < 4.78 is 9.86. The summed E-state index contributed by atoms with van der Waals surface area (Å²) >= 11 is 0. The predicted molar refractivity (Wildman–Crippen MR) is 53.2 cm³/mol. The second-order valence-corrected chi connectivity index (χ2v) is 3.65. The number of nitrogens with zero attached hydrogens (tertiary/aromatic N) is 1. The lowest BCUT2D eigenvalue weighted by Gasteiger charge is -2.32. The van der Waals surface area contributed by atoms with Crippen molar-refractivity contribution < 1.29 is 14.3 Å². The molecule has 0 aromatic carbocycles. The Hall–Kier alpha value is -0.770. The van der Waals surface area contributed by atoms with Crippen molar-refractivity contribution in [3.8, 4) is 0 Å². The van der Waals surface area contributed by atoms with Crippen LogP contribution in [0, 0.1) is 0 Å². The summed E-state index contributed by atoms with van der Waals surface area (Å²) in [5, 5.41) is 0. The quantitative estimate of drug-likeness (QED) is 0.652. The summed E-state index contributed by atoms with van der Waals surface area (Å²) in [5.41, 5.74) is 0. The highest BCUT2D eigenvalue weighted by Crippen LogP contribution is 2.16. The van der Waals surface area contributed by atoms with Crippen LogP contribution < -0.4 is 0 Å². The fraction of sp³-hybridized carbons (Fsp3) is 0.900. The summed E-state index contributed by atoms with van der Waals surface area (Å²) in [6.07, 6.45) is 3.18. The number of rotatable bonds is 3. The van der Waals surface area contributed by atoms with E-state index in [4.69, 9.17) is 9.47 Å². The number of hydrogen-bond donors (Lipinski definition) is 0. The molecule has 82 valence electrons. The van der Waals surface area contributed by atoms with Gasteiger partial charge in [-0.1, -0.05) is 0 Å². The second-order valence-electron chi connectivity index (χ2n) is 3.65. The first-order valence-corrected chi connectivity index (χ1v) is 5.18. The van der Waals surface area contributed by atoms with Gasteiger partial charge in [-0.05, 0) is 26.2 Å². The Balaban J connectivity index is 2.27. The molecule has 1 heterocycles. The zero-order valence-corrected chi connectivity index (χ0v) is 8.99. The van der Waals surface area contributed by atoms with Gasteiger partial charge in [-0.25, -0.2) is 4.79 Å². The van der Waals surface area contributed by atoms with Gasteiger partial charge in [0.15, 0.2) is 0 Å². The van der Waals surface area contributed by atoms with E-state index in [0.29, 0.717) is 19.3 Å². The zero-order chi connectivity index (χ0) is 10.4. The lowest BCUT2D eigenvalue weighted by atomic mass is 10.0. The Labute approximate surface area is 85.2 Å². The van der Waals surface area contributed by atoms with Gasteiger partial charge < -0.3 is 14.4 Å². The molecule has 14 heavy (non-hydrogen) atoms. The third-order valence-electron chi connectivity index (χ3n) is 2.55. The van der Waals surface area contributed by atoms with Gasteiger partial charge in [0.2, 0.25) is 0 Å².